The van der Waals surface area contributed by atoms with E-state index in [2.05, 4.69) is 0 Å². The molecule has 0 atom stereocenters. The monoisotopic (exact) mass is 359 g/mol. The van der Waals surface area contributed by atoms with Gasteiger partial charge in [0.15, 0.2) is 0 Å². The molecule has 4 aromatic rings. The Morgan fingerprint density at radius 3 is 2.33 bits per heavy atom. The van der Waals surface area contributed by atoms with Crippen LogP contribution in [-0.2, 0) is 6.54 Å². The maximum atomic E-state index is 12.8. The highest BCUT2D eigenvalue weighted by Crippen LogP contribution is 2.23. The van der Waals surface area contributed by atoms with Crippen molar-refractivity contribution in [3.05, 3.63) is 88.3 Å². The fourth-order valence-corrected chi connectivity index (χ4v) is 3.40. The van der Waals surface area contributed by atoms with Crippen molar-refractivity contribution in [1.29, 1.82) is 0 Å². The van der Waals surface area contributed by atoms with Crippen LogP contribution >= 0.6 is 0 Å². The van der Waals surface area contributed by atoms with Crippen LogP contribution in [0.3, 0.4) is 0 Å². The molecule has 0 aliphatic heterocycles. The van der Waals surface area contributed by atoms with E-state index in [-0.39, 0.29) is 5.56 Å². The largest absolute Gasteiger partial charge is 0.492 e. The quantitative estimate of drug-likeness (QED) is 0.543. The summed E-state index contributed by atoms with van der Waals surface area (Å²) in [7, 11) is 0. The first-order chi connectivity index (χ1) is 13.1. The molecule has 0 aliphatic carbocycles. The van der Waals surface area contributed by atoms with Gasteiger partial charge in [0, 0.05) is 11.5 Å². The van der Waals surface area contributed by atoms with E-state index in [0.717, 1.165) is 33.7 Å². The first-order valence-electron chi connectivity index (χ1n) is 8.98. The molecule has 0 unspecified atom stereocenters. The summed E-state index contributed by atoms with van der Waals surface area (Å²) >= 11 is 0. The van der Waals surface area contributed by atoms with Crippen LogP contribution in [0.1, 0.15) is 11.3 Å². The molecule has 136 valence electrons. The predicted molar refractivity (Wildman–Crippen MR) is 107 cm³/mol. The van der Waals surface area contributed by atoms with Crippen molar-refractivity contribution in [2.24, 2.45) is 0 Å². The molecular weight excluding hydrogens is 338 g/mol. The zero-order valence-electron chi connectivity index (χ0n) is 15.4. The second-order valence-corrected chi connectivity index (χ2v) is 6.51. The van der Waals surface area contributed by atoms with Gasteiger partial charge >= 0.3 is 0 Å². The number of ether oxygens (including phenoxy) is 1. The molecular formula is C22H21N3O2. The van der Waals surface area contributed by atoms with E-state index < -0.39 is 0 Å². The minimum Gasteiger partial charge on any atom is -0.492 e. The lowest BCUT2D eigenvalue weighted by atomic mass is 10.1. The highest BCUT2D eigenvalue weighted by molar-refractivity contribution is 5.83. The number of rotatable bonds is 5. The molecule has 2 heterocycles. The number of aromatic nitrogens is 3. The van der Waals surface area contributed by atoms with Gasteiger partial charge < -0.3 is 4.74 Å². The van der Waals surface area contributed by atoms with Crippen molar-refractivity contribution < 1.29 is 4.74 Å². The molecule has 0 amide bonds. The van der Waals surface area contributed by atoms with Gasteiger partial charge in [-0.3, -0.25) is 9.36 Å². The molecule has 0 bridgehead atoms. The number of nitrogens with zero attached hydrogens (tertiary/aromatic N) is 3. The molecule has 0 aliphatic rings. The average Bonchev–Trinajstić information content (AvgIpc) is 3.03. The SMILES string of the molecule is Cc1cc(=O)n(CCOc2ccccc2)c2c1c(C)nn2-c1ccccc1. The summed E-state index contributed by atoms with van der Waals surface area (Å²) in [5.74, 6) is 0.793. The number of hydrogen-bond donors (Lipinski definition) is 0. The highest BCUT2D eigenvalue weighted by Gasteiger charge is 2.16. The lowest BCUT2D eigenvalue weighted by Gasteiger charge is -2.13. The van der Waals surface area contributed by atoms with Gasteiger partial charge in [0.05, 0.1) is 17.9 Å². The number of pyridine rings is 1. The van der Waals surface area contributed by atoms with Crippen molar-refractivity contribution in [2.75, 3.05) is 6.61 Å². The summed E-state index contributed by atoms with van der Waals surface area (Å²) in [5, 5.41) is 5.72. The van der Waals surface area contributed by atoms with Crippen molar-refractivity contribution in [3.8, 4) is 11.4 Å². The Balaban J connectivity index is 1.78. The minimum atomic E-state index is -0.0475. The van der Waals surface area contributed by atoms with E-state index in [1.54, 1.807) is 10.6 Å². The van der Waals surface area contributed by atoms with Crippen LogP contribution in [0.5, 0.6) is 5.75 Å². The second kappa shape index (κ2) is 7.11. The number of para-hydroxylation sites is 2. The topological polar surface area (TPSA) is 49.1 Å². The Hall–Kier alpha value is -3.34. The molecule has 0 spiro atoms. The maximum absolute atomic E-state index is 12.8. The first kappa shape index (κ1) is 17.1. The Kier molecular flexibility index (Phi) is 4.50. The molecule has 0 saturated carbocycles. The van der Waals surface area contributed by atoms with E-state index in [9.17, 15) is 4.79 Å². The maximum Gasteiger partial charge on any atom is 0.252 e. The Labute approximate surface area is 157 Å². The zero-order chi connectivity index (χ0) is 18.8. The molecule has 0 saturated heterocycles. The molecule has 2 aromatic carbocycles. The van der Waals surface area contributed by atoms with Crippen LogP contribution in [0.15, 0.2) is 71.5 Å². The normalized spacial score (nSPS) is 11.0. The lowest BCUT2D eigenvalue weighted by Crippen LogP contribution is -2.25. The Morgan fingerprint density at radius 1 is 0.963 bits per heavy atom. The smallest absolute Gasteiger partial charge is 0.252 e. The molecule has 27 heavy (non-hydrogen) atoms. The van der Waals surface area contributed by atoms with Gasteiger partial charge in [-0.25, -0.2) is 4.68 Å². The fraction of sp³-hybridized carbons (Fsp3) is 0.182. The van der Waals surface area contributed by atoms with Crippen molar-refractivity contribution in [3.63, 3.8) is 0 Å². The van der Waals surface area contributed by atoms with Crippen LogP contribution < -0.4 is 10.3 Å². The molecule has 2 aromatic heterocycles. The predicted octanol–water partition coefficient (Wildman–Crippen LogP) is 3.88. The van der Waals surface area contributed by atoms with Crippen molar-refractivity contribution in [1.82, 2.24) is 14.3 Å². The zero-order valence-corrected chi connectivity index (χ0v) is 15.4. The molecule has 5 nitrogen and oxygen atoms in total. The summed E-state index contributed by atoms with van der Waals surface area (Å²) < 4.78 is 9.40. The standard InChI is InChI=1S/C22H21N3O2/c1-16-15-20(26)24(13-14-27-19-11-7-4-8-12-19)22-21(16)17(2)23-25(22)18-9-5-3-6-10-18/h3-12,15H,13-14H2,1-2H3. The molecule has 5 heteroatoms. The number of fused-ring (bicyclic) bond motifs is 1. The van der Waals surface area contributed by atoms with Gasteiger partial charge in [-0.15, -0.1) is 0 Å². The summed E-state index contributed by atoms with van der Waals surface area (Å²) in [5.41, 5.74) is 3.53. The second-order valence-electron chi connectivity index (χ2n) is 6.51. The lowest BCUT2D eigenvalue weighted by molar-refractivity contribution is 0.298. The van der Waals surface area contributed by atoms with Crippen LogP contribution in [-0.4, -0.2) is 21.0 Å². The van der Waals surface area contributed by atoms with Crippen molar-refractivity contribution in [2.45, 2.75) is 20.4 Å². The third kappa shape index (κ3) is 3.24. The average molecular weight is 359 g/mol. The highest BCUT2D eigenvalue weighted by atomic mass is 16.5. The molecule has 0 radical (unpaired) electrons. The Morgan fingerprint density at radius 2 is 1.63 bits per heavy atom. The van der Waals surface area contributed by atoms with E-state index >= 15 is 0 Å². The van der Waals surface area contributed by atoms with Gasteiger partial charge in [0.1, 0.15) is 18.0 Å². The number of hydrogen-bond acceptors (Lipinski definition) is 3. The molecule has 0 fully saturated rings. The summed E-state index contributed by atoms with van der Waals surface area (Å²) in [6, 6.07) is 21.2. The van der Waals surface area contributed by atoms with Gasteiger partial charge in [-0.1, -0.05) is 36.4 Å². The van der Waals surface area contributed by atoms with Gasteiger partial charge in [-0.2, -0.15) is 5.10 Å². The van der Waals surface area contributed by atoms with Crippen molar-refractivity contribution >= 4 is 11.0 Å². The Bertz CT molecular complexity index is 1130. The minimum absolute atomic E-state index is 0.0475. The van der Waals surface area contributed by atoms with E-state index in [0.29, 0.717) is 13.2 Å². The molecule has 4 rings (SSSR count). The van der Waals surface area contributed by atoms with Crippen LogP contribution in [0.25, 0.3) is 16.7 Å². The number of benzene rings is 2. The third-order valence-corrected chi connectivity index (χ3v) is 4.62. The third-order valence-electron chi connectivity index (χ3n) is 4.62. The summed E-state index contributed by atoms with van der Waals surface area (Å²) in [6.07, 6.45) is 0. The van der Waals surface area contributed by atoms with Gasteiger partial charge in [0.25, 0.3) is 5.56 Å². The van der Waals surface area contributed by atoms with Crippen LogP contribution in [0, 0.1) is 13.8 Å². The summed E-state index contributed by atoms with van der Waals surface area (Å²) in [6.45, 7) is 4.78. The molecule has 0 N–H and O–H groups in total. The van der Waals surface area contributed by atoms with Crippen LogP contribution in [0.2, 0.25) is 0 Å². The van der Waals surface area contributed by atoms with E-state index in [1.165, 1.54) is 0 Å². The number of aryl methyl sites for hydroxylation is 2. The van der Waals surface area contributed by atoms with Gasteiger partial charge in [0.2, 0.25) is 0 Å². The first-order valence-corrected chi connectivity index (χ1v) is 8.98. The van der Waals surface area contributed by atoms with E-state index in [1.807, 2.05) is 79.2 Å². The van der Waals surface area contributed by atoms with Crippen LogP contribution in [0.4, 0.5) is 0 Å². The summed E-state index contributed by atoms with van der Waals surface area (Å²) in [4.78, 5) is 12.8. The fourth-order valence-electron chi connectivity index (χ4n) is 3.40. The van der Waals surface area contributed by atoms with Gasteiger partial charge in [-0.05, 0) is 43.7 Å². The van der Waals surface area contributed by atoms with E-state index in [4.69, 9.17) is 9.84 Å².